The van der Waals surface area contributed by atoms with E-state index in [0.29, 0.717) is 17.4 Å². The van der Waals surface area contributed by atoms with Gasteiger partial charge in [-0.05, 0) is 42.0 Å². The van der Waals surface area contributed by atoms with Gasteiger partial charge in [0, 0.05) is 18.5 Å². The zero-order valence-electron chi connectivity index (χ0n) is 13.2. The van der Waals surface area contributed by atoms with Crippen molar-refractivity contribution in [1.29, 1.82) is 0 Å². The highest BCUT2D eigenvalue weighted by atomic mass is 16.7. The molecule has 1 aromatic carbocycles. The average Bonchev–Trinajstić information content (AvgIpc) is 3.12. The molecule has 3 aromatic rings. The van der Waals surface area contributed by atoms with Crippen LogP contribution in [-0.2, 0) is 4.84 Å². The van der Waals surface area contributed by atoms with Crippen molar-refractivity contribution >= 4 is 0 Å². The molecule has 2 aromatic heterocycles. The molecule has 0 unspecified atom stereocenters. The number of hydroxylamine groups is 1. The highest BCUT2D eigenvalue weighted by Crippen LogP contribution is 2.28. The molecule has 1 atom stereocenters. The van der Waals surface area contributed by atoms with Gasteiger partial charge in [0.2, 0.25) is 5.88 Å². The monoisotopic (exact) mass is 333 g/mol. The van der Waals surface area contributed by atoms with Crippen molar-refractivity contribution in [1.82, 2.24) is 15.4 Å². The third-order valence-corrected chi connectivity index (χ3v) is 3.53. The van der Waals surface area contributed by atoms with Gasteiger partial charge in [0.15, 0.2) is 0 Å². The quantitative estimate of drug-likeness (QED) is 0.767. The molecule has 0 bridgehead atoms. The van der Waals surface area contributed by atoms with Crippen LogP contribution in [0.3, 0.4) is 0 Å². The Hall–Kier alpha value is -3.38. The van der Waals surface area contributed by atoms with Crippen LogP contribution in [0.4, 0.5) is 0 Å². The standard InChI is InChI=1S/C19H15N3O3/c1-3-16(12-20-9-1)23-15-7-5-14(6-8-15)18-11-19(22-25-18)24-17-4-2-10-21-13-17/h1-13,18,22H/t18-/m0/s1. The summed E-state index contributed by atoms with van der Waals surface area (Å²) in [6.07, 6.45) is 8.34. The van der Waals surface area contributed by atoms with Gasteiger partial charge in [-0.15, -0.1) is 0 Å². The molecule has 1 N–H and O–H groups in total. The van der Waals surface area contributed by atoms with Gasteiger partial charge in [0.1, 0.15) is 23.4 Å². The second-order valence-corrected chi connectivity index (χ2v) is 5.32. The lowest BCUT2D eigenvalue weighted by Gasteiger charge is -2.09. The summed E-state index contributed by atoms with van der Waals surface area (Å²) in [4.78, 5) is 13.6. The first-order valence-electron chi connectivity index (χ1n) is 7.76. The predicted molar refractivity (Wildman–Crippen MR) is 90.7 cm³/mol. The van der Waals surface area contributed by atoms with Crippen molar-refractivity contribution in [3.8, 4) is 17.2 Å². The Morgan fingerprint density at radius 2 is 1.48 bits per heavy atom. The van der Waals surface area contributed by atoms with Crippen LogP contribution in [0.5, 0.6) is 17.2 Å². The summed E-state index contributed by atoms with van der Waals surface area (Å²) < 4.78 is 11.4. The number of pyridine rings is 2. The van der Waals surface area contributed by atoms with Gasteiger partial charge in [-0.25, -0.2) is 5.48 Å². The molecule has 6 heteroatoms. The van der Waals surface area contributed by atoms with Gasteiger partial charge in [-0.3, -0.25) is 14.8 Å². The third kappa shape index (κ3) is 3.76. The number of nitrogens with one attached hydrogen (secondary N) is 1. The van der Waals surface area contributed by atoms with Crippen LogP contribution in [0.25, 0.3) is 0 Å². The summed E-state index contributed by atoms with van der Waals surface area (Å²) in [6, 6.07) is 15.0. The number of aromatic nitrogens is 2. The Kier molecular flexibility index (Phi) is 4.26. The van der Waals surface area contributed by atoms with Crippen molar-refractivity contribution in [3.05, 3.63) is 90.8 Å². The lowest BCUT2D eigenvalue weighted by atomic mass is 10.1. The summed E-state index contributed by atoms with van der Waals surface area (Å²) in [5.41, 5.74) is 3.76. The van der Waals surface area contributed by atoms with Crippen molar-refractivity contribution in [2.24, 2.45) is 0 Å². The maximum absolute atomic E-state index is 5.73. The summed E-state index contributed by atoms with van der Waals surface area (Å²) in [5, 5.41) is 0. The molecule has 1 aliphatic rings. The van der Waals surface area contributed by atoms with Crippen LogP contribution < -0.4 is 15.0 Å². The Morgan fingerprint density at radius 1 is 0.800 bits per heavy atom. The lowest BCUT2D eigenvalue weighted by Crippen LogP contribution is -2.12. The molecule has 1 aliphatic heterocycles. The van der Waals surface area contributed by atoms with Gasteiger partial charge in [0.25, 0.3) is 0 Å². The van der Waals surface area contributed by atoms with E-state index in [2.05, 4.69) is 15.4 Å². The minimum atomic E-state index is -0.237. The molecule has 0 saturated carbocycles. The summed E-state index contributed by atoms with van der Waals surface area (Å²) >= 11 is 0. The number of rotatable bonds is 5. The summed E-state index contributed by atoms with van der Waals surface area (Å²) in [5.74, 6) is 2.61. The predicted octanol–water partition coefficient (Wildman–Crippen LogP) is 3.77. The zero-order chi connectivity index (χ0) is 16.9. The van der Waals surface area contributed by atoms with E-state index in [4.69, 9.17) is 14.3 Å². The van der Waals surface area contributed by atoms with Crippen LogP contribution >= 0.6 is 0 Å². The molecule has 3 heterocycles. The van der Waals surface area contributed by atoms with Crippen molar-refractivity contribution in [3.63, 3.8) is 0 Å². The molecule has 0 radical (unpaired) electrons. The van der Waals surface area contributed by atoms with Gasteiger partial charge >= 0.3 is 0 Å². The molecule has 6 nitrogen and oxygen atoms in total. The molecular weight excluding hydrogens is 318 g/mol. The Labute approximate surface area is 144 Å². The Balaban J connectivity index is 1.42. The molecule has 0 amide bonds. The van der Waals surface area contributed by atoms with E-state index in [9.17, 15) is 0 Å². The SMILES string of the molecule is C1=C(Oc2cccnc2)NO[C@@H]1c1ccc(Oc2cccnc2)cc1. The second-order valence-electron chi connectivity index (χ2n) is 5.32. The fourth-order valence-electron chi connectivity index (χ4n) is 2.35. The molecular formula is C19H15N3O3. The molecule has 0 spiro atoms. The van der Waals surface area contributed by atoms with E-state index in [-0.39, 0.29) is 6.10 Å². The summed E-state index contributed by atoms with van der Waals surface area (Å²) in [7, 11) is 0. The van der Waals surface area contributed by atoms with Crippen LogP contribution in [0.2, 0.25) is 0 Å². The van der Waals surface area contributed by atoms with Gasteiger partial charge < -0.3 is 9.47 Å². The van der Waals surface area contributed by atoms with Crippen molar-refractivity contribution in [2.45, 2.75) is 6.10 Å². The molecule has 0 saturated heterocycles. The largest absolute Gasteiger partial charge is 0.456 e. The van der Waals surface area contributed by atoms with E-state index in [1.807, 2.05) is 54.6 Å². The second kappa shape index (κ2) is 7.02. The molecule has 0 fully saturated rings. The first-order valence-corrected chi connectivity index (χ1v) is 7.76. The van der Waals surface area contributed by atoms with E-state index >= 15 is 0 Å². The topological polar surface area (TPSA) is 65.5 Å². The first-order chi connectivity index (χ1) is 12.4. The van der Waals surface area contributed by atoms with E-state index in [1.165, 1.54) is 0 Å². The minimum Gasteiger partial charge on any atom is -0.456 e. The minimum absolute atomic E-state index is 0.237. The van der Waals surface area contributed by atoms with Crippen molar-refractivity contribution < 1.29 is 14.3 Å². The van der Waals surface area contributed by atoms with E-state index < -0.39 is 0 Å². The van der Waals surface area contributed by atoms with Gasteiger partial charge in [-0.1, -0.05) is 12.1 Å². The first kappa shape index (κ1) is 15.2. The van der Waals surface area contributed by atoms with E-state index in [1.54, 1.807) is 24.8 Å². The Morgan fingerprint density at radius 3 is 2.12 bits per heavy atom. The maximum Gasteiger partial charge on any atom is 0.216 e. The molecule has 124 valence electrons. The number of benzene rings is 1. The molecule has 0 aliphatic carbocycles. The van der Waals surface area contributed by atoms with Crippen LogP contribution in [-0.4, -0.2) is 9.97 Å². The number of hydrogen-bond acceptors (Lipinski definition) is 6. The van der Waals surface area contributed by atoms with Crippen LogP contribution in [0.15, 0.2) is 85.3 Å². The van der Waals surface area contributed by atoms with Crippen molar-refractivity contribution in [2.75, 3.05) is 0 Å². The lowest BCUT2D eigenvalue weighted by molar-refractivity contribution is 0.0273. The number of nitrogens with zero attached hydrogens (tertiary/aromatic N) is 2. The maximum atomic E-state index is 5.73. The zero-order valence-corrected chi connectivity index (χ0v) is 13.2. The highest BCUT2D eigenvalue weighted by Gasteiger charge is 2.20. The van der Waals surface area contributed by atoms with Crippen LogP contribution in [0.1, 0.15) is 11.7 Å². The number of ether oxygens (including phenoxy) is 2. The Bertz CT molecular complexity index is 852. The normalized spacial score (nSPS) is 16.0. The third-order valence-electron chi connectivity index (χ3n) is 3.53. The molecule has 25 heavy (non-hydrogen) atoms. The fraction of sp³-hybridized carbons (Fsp3) is 0.0526. The number of hydrogen-bond donors (Lipinski definition) is 1. The summed E-state index contributed by atoms with van der Waals surface area (Å²) in [6.45, 7) is 0. The van der Waals surface area contributed by atoms with Gasteiger partial charge in [0.05, 0.1) is 12.4 Å². The van der Waals surface area contributed by atoms with E-state index in [0.717, 1.165) is 11.3 Å². The smallest absolute Gasteiger partial charge is 0.216 e. The molecule has 4 rings (SSSR count). The van der Waals surface area contributed by atoms with Crippen LogP contribution in [0, 0.1) is 0 Å². The fourth-order valence-corrected chi connectivity index (χ4v) is 2.35. The highest BCUT2D eigenvalue weighted by molar-refractivity contribution is 5.34. The average molecular weight is 333 g/mol. The van der Waals surface area contributed by atoms with Gasteiger partial charge in [-0.2, -0.15) is 0 Å².